The number of aliphatic carboxylic acids is 1. The highest BCUT2D eigenvalue weighted by Crippen LogP contribution is 2.43. The second kappa shape index (κ2) is 3.46. The highest BCUT2D eigenvalue weighted by atomic mass is 16.4. The van der Waals surface area contributed by atoms with Gasteiger partial charge in [-0.3, -0.25) is 4.79 Å². The third kappa shape index (κ3) is 2.50. The summed E-state index contributed by atoms with van der Waals surface area (Å²) >= 11 is 0. The number of carboxylic acids is 1. The van der Waals surface area contributed by atoms with Crippen molar-refractivity contribution < 1.29 is 9.90 Å². The first-order chi connectivity index (χ1) is 5.23. The minimum absolute atomic E-state index is 0.0557. The third-order valence-corrected chi connectivity index (χ3v) is 3.13. The summed E-state index contributed by atoms with van der Waals surface area (Å²) < 4.78 is 0. The second-order valence-electron chi connectivity index (χ2n) is 4.73. The maximum absolute atomic E-state index is 10.6. The van der Waals surface area contributed by atoms with Crippen molar-refractivity contribution in [3.63, 3.8) is 0 Å². The smallest absolute Gasteiger partial charge is 0.303 e. The van der Waals surface area contributed by atoms with E-state index in [-0.39, 0.29) is 17.3 Å². The van der Waals surface area contributed by atoms with Gasteiger partial charge >= 0.3 is 5.97 Å². The quantitative estimate of drug-likeness (QED) is 0.710. The first kappa shape index (κ1) is 11.5. The molecule has 0 saturated heterocycles. The monoisotopic (exact) mass is 172 g/mol. The van der Waals surface area contributed by atoms with Gasteiger partial charge in [-0.15, -0.1) is 0 Å². The normalized spacial score (nSPS) is 17.1. The van der Waals surface area contributed by atoms with Gasteiger partial charge in [0.25, 0.3) is 0 Å². The average molecular weight is 172 g/mol. The Hall–Kier alpha value is -0.530. The molecular weight excluding hydrogens is 152 g/mol. The number of hydrogen-bond donors (Lipinski definition) is 1. The molecule has 0 spiro atoms. The van der Waals surface area contributed by atoms with Crippen LogP contribution in [0.3, 0.4) is 0 Å². The third-order valence-electron chi connectivity index (χ3n) is 3.13. The van der Waals surface area contributed by atoms with Gasteiger partial charge in [-0.2, -0.15) is 0 Å². The number of carbonyl (C=O) groups is 1. The fraction of sp³-hybridized carbons (Fsp3) is 0.900. The molecular formula is C10H20O2. The zero-order valence-corrected chi connectivity index (χ0v) is 8.77. The highest BCUT2D eigenvalue weighted by molar-refractivity contribution is 5.67. The molecule has 0 aliphatic rings. The molecule has 0 radical (unpaired) electrons. The van der Waals surface area contributed by atoms with Gasteiger partial charge < -0.3 is 5.11 Å². The van der Waals surface area contributed by atoms with Crippen molar-refractivity contribution in [3.8, 4) is 0 Å². The largest absolute Gasteiger partial charge is 0.481 e. The number of rotatable bonds is 3. The Labute approximate surface area is 75.0 Å². The lowest BCUT2D eigenvalue weighted by Gasteiger charge is -2.40. The van der Waals surface area contributed by atoms with Crippen molar-refractivity contribution >= 4 is 5.97 Å². The molecule has 0 aromatic rings. The van der Waals surface area contributed by atoms with E-state index in [1.807, 2.05) is 13.8 Å². The van der Waals surface area contributed by atoms with Crippen molar-refractivity contribution in [1.29, 1.82) is 0 Å². The molecule has 0 rings (SSSR count). The van der Waals surface area contributed by atoms with Gasteiger partial charge in [-0.1, -0.05) is 34.6 Å². The first-order valence-corrected chi connectivity index (χ1v) is 4.45. The Morgan fingerprint density at radius 3 is 1.75 bits per heavy atom. The van der Waals surface area contributed by atoms with Gasteiger partial charge in [0.1, 0.15) is 0 Å². The molecule has 0 aliphatic heterocycles. The Kier molecular flexibility index (Phi) is 3.31. The van der Waals surface area contributed by atoms with E-state index in [0.717, 1.165) is 6.42 Å². The standard InChI is InChI=1S/C10H20O2/c1-6-10(5,7-8(11)12)9(2,3)4/h6-7H2,1-5H3,(H,11,12). The van der Waals surface area contributed by atoms with Gasteiger partial charge in [0.05, 0.1) is 6.42 Å². The molecule has 0 fully saturated rings. The Balaban J connectivity index is 4.56. The number of hydrogen-bond acceptors (Lipinski definition) is 1. The fourth-order valence-electron chi connectivity index (χ4n) is 1.25. The van der Waals surface area contributed by atoms with Gasteiger partial charge in [-0.25, -0.2) is 0 Å². The van der Waals surface area contributed by atoms with E-state index < -0.39 is 5.97 Å². The number of carboxylic acid groups (broad SMARTS) is 1. The van der Waals surface area contributed by atoms with Crippen LogP contribution in [0.25, 0.3) is 0 Å². The van der Waals surface area contributed by atoms with E-state index in [1.165, 1.54) is 0 Å². The lowest BCUT2D eigenvalue weighted by Crippen LogP contribution is -2.34. The van der Waals surface area contributed by atoms with Gasteiger partial charge in [0.15, 0.2) is 0 Å². The second-order valence-corrected chi connectivity index (χ2v) is 4.73. The molecule has 0 aromatic heterocycles. The van der Waals surface area contributed by atoms with Crippen molar-refractivity contribution in [2.24, 2.45) is 10.8 Å². The highest BCUT2D eigenvalue weighted by Gasteiger charge is 2.37. The zero-order chi connectivity index (χ0) is 9.99. The van der Waals surface area contributed by atoms with Gasteiger partial charge in [-0.05, 0) is 17.3 Å². The Bertz CT molecular complexity index is 167. The topological polar surface area (TPSA) is 37.3 Å². The molecule has 1 atom stereocenters. The molecule has 12 heavy (non-hydrogen) atoms. The van der Waals surface area contributed by atoms with Crippen LogP contribution in [0, 0.1) is 10.8 Å². The van der Waals surface area contributed by atoms with Crippen LogP contribution in [-0.4, -0.2) is 11.1 Å². The Morgan fingerprint density at radius 1 is 1.25 bits per heavy atom. The average Bonchev–Trinajstić information content (AvgIpc) is 1.83. The van der Waals surface area contributed by atoms with E-state index in [1.54, 1.807) is 0 Å². The summed E-state index contributed by atoms with van der Waals surface area (Å²) in [5, 5.41) is 8.74. The van der Waals surface area contributed by atoms with E-state index >= 15 is 0 Å². The van der Waals surface area contributed by atoms with Crippen molar-refractivity contribution in [3.05, 3.63) is 0 Å². The predicted octanol–water partition coefficient (Wildman–Crippen LogP) is 2.92. The van der Waals surface area contributed by atoms with Crippen LogP contribution in [0.1, 0.15) is 47.5 Å². The summed E-state index contributed by atoms with van der Waals surface area (Å²) in [4.78, 5) is 10.6. The summed E-state index contributed by atoms with van der Waals surface area (Å²) in [6.07, 6.45) is 1.16. The van der Waals surface area contributed by atoms with Gasteiger partial charge in [0, 0.05) is 0 Å². The molecule has 0 saturated carbocycles. The molecule has 1 N–H and O–H groups in total. The molecule has 2 nitrogen and oxygen atoms in total. The van der Waals surface area contributed by atoms with E-state index in [9.17, 15) is 4.79 Å². The van der Waals surface area contributed by atoms with E-state index in [0.29, 0.717) is 0 Å². The summed E-state index contributed by atoms with van der Waals surface area (Å²) in [5.41, 5.74) is -0.0427. The van der Waals surface area contributed by atoms with Crippen molar-refractivity contribution in [2.75, 3.05) is 0 Å². The minimum atomic E-state index is -0.700. The molecule has 2 heteroatoms. The molecule has 1 unspecified atom stereocenters. The predicted molar refractivity (Wildman–Crippen MR) is 50.1 cm³/mol. The molecule has 0 aromatic carbocycles. The molecule has 0 bridgehead atoms. The summed E-state index contributed by atoms with van der Waals surface area (Å²) in [5.74, 6) is -0.700. The van der Waals surface area contributed by atoms with Crippen LogP contribution in [0.4, 0.5) is 0 Å². The van der Waals surface area contributed by atoms with Crippen LogP contribution < -0.4 is 0 Å². The zero-order valence-electron chi connectivity index (χ0n) is 8.77. The van der Waals surface area contributed by atoms with E-state index in [4.69, 9.17) is 5.11 Å². The van der Waals surface area contributed by atoms with Crippen molar-refractivity contribution in [2.45, 2.75) is 47.5 Å². The van der Waals surface area contributed by atoms with Crippen molar-refractivity contribution in [1.82, 2.24) is 0 Å². The molecule has 0 amide bonds. The summed E-state index contributed by atoms with van der Waals surface area (Å²) in [7, 11) is 0. The first-order valence-electron chi connectivity index (χ1n) is 4.45. The van der Waals surface area contributed by atoms with Crippen LogP contribution >= 0.6 is 0 Å². The summed E-state index contributed by atoms with van der Waals surface area (Å²) in [6, 6.07) is 0. The lowest BCUT2D eigenvalue weighted by molar-refractivity contribution is -0.141. The SMILES string of the molecule is CCC(C)(CC(=O)O)C(C)(C)C. The molecule has 72 valence electrons. The Morgan fingerprint density at radius 2 is 1.67 bits per heavy atom. The fourth-order valence-corrected chi connectivity index (χ4v) is 1.25. The lowest BCUT2D eigenvalue weighted by atomic mass is 9.64. The maximum Gasteiger partial charge on any atom is 0.303 e. The van der Waals surface area contributed by atoms with Crippen LogP contribution in [0.2, 0.25) is 0 Å². The van der Waals surface area contributed by atoms with Crippen LogP contribution in [-0.2, 0) is 4.79 Å². The molecule has 0 heterocycles. The maximum atomic E-state index is 10.6. The van der Waals surface area contributed by atoms with E-state index in [2.05, 4.69) is 20.8 Å². The van der Waals surface area contributed by atoms with Crippen LogP contribution in [0.5, 0.6) is 0 Å². The summed E-state index contributed by atoms with van der Waals surface area (Å²) in [6.45, 7) is 10.4. The van der Waals surface area contributed by atoms with Crippen LogP contribution in [0.15, 0.2) is 0 Å². The van der Waals surface area contributed by atoms with Gasteiger partial charge in [0.2, 0.25) is 0 Å². The molecule has 0 aliphatic carbocycles. The minimum Gasteiger partial charge on any atom is -0.481 e.